The summed E-state index contributed by atoms with van der Waals surface area (Å²) in [6.45, 7) is 0.936. The Bertz CT molecular complexity index is 697. The van der Waals surface area contributed by atoms with E-state index in [2.05, 4.69) is 10.1 Å². The highest BCUT2D eigenvalue weighted by Gasteiger charge is 2.32. The summed E-state index contributed by atoms with van der Waals surface area (Å²) in [5.41, 5.74) is 0.865. The largest absolute Gasteiger partial charge is 0.334 e. The fourth-order valence-electron chi connectivity index (χ4n) is 2.34. The summed E-state index contributed by atoms with van der Waals surface area (Å²) in [6, 6.07) is 9.52. The molecule has 1 aromatic heterocycles. The first-order valence-corrected chi connectivity index (χ1v) is 8.23. The van der Waals surface area contributed by atoms with E-state index >= 15 is 0 Å². The van der Waals surface area contributed by atoms with E-state index in [1.807, 2.05) is 30.3 Å². The molecule has 0 bridgehead atoms. The van der Waals surface area contributed by atoms with Gasteiger partial charge in [-0.05, 0) is 18.6 Å². The van der Waals surface area contributed by atoms with Gasteiger partial charge in [-0.25, -0.2) is 12.7 Å². The van der Waals surface area contributed by atoms with Gasteiger partial charge in [0.05, 0.1) is 6.26 Å². The van der Waals surface area contributed by atoms with Crippen molar-refractivity contribution in [3.05, 3.63) is 36.2 Å². The first-order valence-electron chi connectivity index (χ1n) is 6.38. The molecule has 1 aliphatic heterocycles. The molecule has 0 saturated carbocycles. The van der Waals surface area contributed by atoms with Crippen LogP contribution in [0.15, 0.2) is 34.9 Å². The molecule has 6 nitrogen and oxygen atoms in total. The summed E-state index contributed by atoms with van der Waals surface area (Å²) >= 11 is 0. The fraction of sp³-hybridized carbons (Fsp3) is 0.385. The Kier molecular flexibility index (Phi) is 3.31. The van der Waals surface area contributed by atoms with Gasteiger partial charge in [0.25, 0.3) is 5.89 Å². The van der Waals surface area contributed by atoms with E-state index in [0.29, 0.717) is 24.8 Å². The SMILES string of the molecule is CS(=O)(=O)N1CCC(c2noc(-c3ccccc3)n2)C1. The zero-order chi connectivity index (χ0) is 14.2. The monoisotopic (exact) mass is 293 g/mol. The second kappa shape index (κ2) is 4.99. The molecular formula is C13H15N3O3S. The molecule has 0 N–H and O–H groups in total. The lowest BCUT2D eigenvalue weighted by Crippen LogP contribution is -2.27. The van der Waals surface area contributed by atoms with Gasteiger partial charge in [-0.3, -0.25) is 0 Å². The van der Waals surface area contributed by atoms with Crippen molar-refractivity contribution in [2.45, 2.75) is 12.3 Å². The lowest BCUT2D eigenvalue weighted by molar-refractivity contribution is 0.414. The fourth-order valence-corrected chi connectivity index (χ4v) is 3.23. The van der Waals surface area contributed by atoms with Gasteiger partial charge in [0.2, 0.25) is 10.0 Å². The van der Waals surface area contributed by atoms with Crippen LogP contribution in [-0.2, 0) is 10.0 Å². The molecule has 1 aliphatic rings. The molecule has 0 aliphatic carbocycles. The van der Waals surface area contributed by atoms with E-state index in [9.17, 15) is 8.42 Å². The molecule has 1 saturated heterocycles. The Morgan fingerprint density at radius 1 is 1.30 bits per heavy atom. The third kappa shape index (κ3) is 2.59. The predicted molar refractivity (Wildman–Crippen MR) is 73.5 cm³/mol. The van der Waals surface area contributed by atoms with Crippen LogP contribution in [0.1, 0.15) is 18.2 Å². The van der Waals surface area contributed by atoms with E-state index in [4.69, 9.17) is 4.52 Å². The number of nitrogens with zero attached hydrogens (tertiary/aromatic N) is 3. The molecule has 2 aromatic rings. The second-order valence-corrected chi connectivity index (χ2v) is 6.91. The summed E-state index contributed by atoms with van der Waals surface area (Å²) < 4.78 is 29.7. The van der Waals surface area contributed by atoms with Crippen molar-refractivity contribution >= 4 is 10.0 Å². The molecule has 0 amide bonds. The van der Waals surface area contributed by atoms with Crippen LogP contribution in [0.3, 0.4) is 0 Å². The number of hydrogen-bond acceptors (Lipinski definition) is 5. The Balaban J connectivity index is 1.79. The van der Waals surface area contributed by atoms with Crippen LogP contribution in [0.5, 0.6) is 0 Å². The van der Waals surface area contributed by atoms with E-state index in [0.717, 1.165) is 12.0 Å². The Morgan fingerprint density at radius 3 is 2.70 bits per heavy atom. The van der Waals surface area contributed by atoms with Crippen molar-refractivity contribution in [3.63, 3.8) is 0 Å². The van der Waals surface area contributed by atoms with Gasteiger partial charge in [0, 0.05) is 24.6 Å². The van der Waals surface area contributed by atoms with Crippen molar-refractivity contribution in [3.8, 4) is 11.5 Å². The molecule has 0 spiro atoms. The smallest absolute Gasteiger partial charge is 0.257 e. The standard InChI is InChI=1S/C13H15N3O3S/c1-20(17,18)16-8-7-11(9-16)12-14-13(19-15-12)10-5-3-2-4-6-10/h2-6,11H,7-9H2,1H3. The van der Waals surface area contributed by atoms with Crippen molar-refractivity contribution in [1.29, 1.82) is 0 Å². The summed E-state index contributed by atoms with van der Waals surface area (Å²) in [4.78, 5) is 4.38. The molecule has 1 atom stereocenters. The highest BCUT2D eigenvalue weighted by atomic mass is 32.2. The average Bonchev–Trinajstić information content (AvgIpc) is 3.08. The van der Waals surface area contributed by atoms with Crippen LogP contribution in [0.25, 0.3) is 11.5 Å². The highest BCUT2D eigenvalue weighted by molar-refractivity contribution is 7.88. The minimum Gasteiger partial charge on any atom is -0.334 e. The Morgan fingerprint density at radius 2 is 2.05 bits per heavy atom. The van der Waals surface area contributed by atoms with Crippen LogP contribution in [0.4, 0.5) is 0 Å². The zero-order valence-corrected chi connectivity index (χ0v) is 11.9. The zero-order valence-electron chi connectivity index (χ0n) is 11.1. The summed E-state index contributed by atoms with van der Waals surface area (Å²) in [5, 5.41) is 3.98. The topological polar surface area (TPSA) is 76.3 Å². The summed E-state index contributed by atoms with van der Waals surface area (Å²) in [7, 11) is -3.14. The third-order valence-corrected chi connectivity index (χ3v) is 4.72. The Labute approximate surface area is 117 Å². The van der Waals surface area contributed by atoms with E-state index in [1.165, 1.54) is 10.6 Å². The minimum atomic E-state index is -3.14. The maximum absolute atomic E-state index is 11.5. The van der Waals surface area contributed by atoms with Crippen LogP contribution >= 0.6 is 0 Å². The lowest BCUT2D eigenvalue weighted by Gasteiger charge is -2.11. The molecular weight excluding hydrogens is 278 g/mol. The first-order chi connectivity index (χ1) is 9.54. The van der Waals surface area contributed by atoms with Crippen LogP contribution < -0.4 is 0 Å². The number of benzene rings is 1. The number of rotatable bonds is 3. The van der Waals surface area contributed by atoms with Gasteiger partial charge in [-0.2, -0.15) is 4.98 Å². The third-order valence-electron chi connectivity index (χ3n) is 3.45. The van der Waals surface area contributed by atoms with Gasteiger partial charge in [0.15, 0.2) is 5.82 Å². The predicted octanol–water partition coefficient (Wildman–Crippen LogP) is 1.49. The van der Waals surface area contributed by atoms with E-state index in [1.54, 1.807) is 0 Å². The second-order valence-electron chi connectivity index (χ2n) is 4.93. The molecule has 7 heteroatoms. The minimum absolute atomic E-state index is 0.00550. The highest BCUT2D eigenvalue weighted by Crippen LogP contribution is 2.28. The molecule has 1 unspecified atom stereocenters. The summed E-state index contributed by atoms with van der Waals surface area (Å²) in [5.74, 6) is 1.05. The molecule has 20 heavy (non-hydrogen) atoms. The molecule has 1 fully saturated rings. The van der Waals surface area contributed by atoms with Crippen molar-refractivity contribution in [2.75, 3.05) is 19.3 Å². The molecule has 3 rings (SSSR count). The average molecular weight is 293 g/mol. The van der Waals surface area contributed by atoms with Crippen LogP contribution in [0.2, 0.25) is 0 Å². The van der Waals surface area contributed by atoms with Gasteiger partial charge < -0.3 is 4.52 Å². The maximum atomic E-state index is 11.5. The normalized spacial score (nSPS) is 20.4. The first kappa shape index (κ1) is 13.3. The van der Waals surface area contributed by atoms with E-state index < -0.39 is 10.0 Å². The quantitative estimate of drug-likeness (QED) is 0.857. The number of hydrogen-bond donors (Lipinski definition) is 0. The molecule has 1 aromatic carbocycles. The van der Waals surface area contributed by atoms with Gasteiger partial charge >= 0.3 is 0 Å². The molecule has 106 valence electrons. The van der Waals surface area contributed by atoms with Gasteiger partial charge in [0.1, 0.15) is 0 Å². The molecule has 0 radical (unpaired) electrons. The maximum Gasteiger partial charge on any atom is 0.257 e. The molecule has 2 heterocycles. The van der Waals surface area contributed by atoms with Gasteiger partial charge in [-0.1, -0.05) is 23.4 Å². The van der Waals surface area contributed by atoms with Crippen molar-refractivity contribution in [2.24, 2.45) is 0 Å². The Hall–Kier alpha value is -1.73. The van der Waals surface area contributed by atoms with Crippen LogP contribution in [-0.4, -0.2) is 42.2 Å². The van der Waals surface area contributed by atoms with Gasteiger partial charge in [-0.15, -0.1) is 0 Å². The lowest BCUT2D eigenvalue weighted by atomic mass is 10.1. The summed E-state index contributed by atoms with van der Waals surface area (Å²) in [6.07, 6.45) is 1.95. The van der Waals surface area contributed by atoms with Crippen molar-refractivity contribution in [1.82, 2.24) is 14.4 Å². The van der Waals surface area contributed by atoms with E-state index in [-0.39, 0.29) is 5.92 Å². The number of aromatic nitrogens is 2. The van der Waals surface area contributed by atoms with Crippen LogP contribution in [0, 0.1) is 0 Å². The van der Waals surface area contributed by atoms with Crippen molar-refractivity contribution < 1.29 is 12.9 Å². The number of sulfonamides is 1.